The topological polar surface area (TPSA) is 51.2 Å². The summed E-state index contributed by atoms with van der Waals surface area (Å²) < 4.78 is 5.82. The van der Waals surface area contributed by atoms with E-state index in [9.17, 15) is 4.79 Å². The number of benzene rings is 2. The molecule has 3 aromatic rings. The van der Waals surface area contributed by atoms with Crippen LogP contribution in [0.15, 0.2) is 54.7 Å². The molecule has 0 aliphatic carbocycles. The van der Waals surface area contributed by atoms with Crippen LogP contribution >= 0.6 is 11.3 Å². The van der Waals surface area contributed by atoms with Gasteiger partial charge in [0.15, 0.2) is 11.7 Å². The van der Waals surface area contributed by atoms with Gasteiger partial charge in [-0.1, -0.05) is 68.8 Å². The monoisotopic (exact) mass is 394 g/mol. The lowest BCUT2D eigenvalue weighted by Gasteiger charge is -2.23. The number of nitrogens with one attached hydrogen (secondary N) is 1. The SMILES string of the molecule is Cc1ccc(OCC(=O)Nc2ncc(Cc3ccccc3)s2)c(C(C)(C)C)c1. The molecule has 146 valence electrons. The average molecular weight is 395 g/mol. The molecule has 1 aromatic heterocycles. The molecule has 0 aliphatic heterocycles. The summed E-state index contributed by atoms with van der Waals surface area (Å²) in [4.78, 5) is 17.7. The van der Waals surface area contributed by atoms with Gasteiger partial charge < -0.3 is 4.74 Å². The summed E-state index contributed by atoms with van der Waals surface area (Å²) in [5.74, 6) is 0.540. The smallest absolute Gasteiger partial charge is 0.264 e. The summed E-state index contributed by atoms with van der Waals surface area (Å²) in [6.45, 7) is 8.43. The number of anilines is 1. The number of hydrogen-bond donors (Lipinski definition) is 1. The molecule has 0 spiro atoms. The largest absolute Gasteiger partial charge is 0.483 e. The van der Waals surface area contributed by atoms with E-state index in [4.69, 9.17) is 4.74 Å². The molecule has 0 atom stereocenters. The van der Waals surface area contributed by atoms with Gasteiger partial charge in [0.1, 0.15) is 5.75 Å². The molecule has 0 bridgehead atoms. The van der Waals surface area contributed by atoms with Crippen molar-refractivity contribution in [3.63, 3.8) is 0 Å². The maximum Gasteiger partial charge on any atom is 0.264 e. The van der Waals surface area contributed by atoms with E-state index >= 15 is 0 Å². The Labute approximate surface area is 170 Å². The van der Waals surface area contributed by atoms with Gasteiger partial charge in [-0.25, -0.2) is 4.98 Å². The quantitative estimate of drug-likeness (QED) is 0.612. The standard InChI is InChI=1S/C23H26N2O2S/c1-16-10-11-20(19(12-16)23(2,3)4)27-15-21(26)25-22-24-14-18(28-22)13-17-8-6-5-7-9-17/h5-12,14H,13,15H2,1-4H3,(H,24,25,26). The van der Waals surface area contributed by atoms with E-state index in [1.54, 1.807) is 0 Å². The van der Waals surface area contributed by atoms with Crippen molar-refractivity contribution in [1.29, 1.82) is 0 Å². The van der Waals surface area contributed by atoms with Crippen molar-refractivity contribution in [1.82, 2.24) is 4.98 Å². The Bertz CT molecular complexity index is 943. The van der Waals surface area contributed by atoms with Crippen molar-refractivity contribution >= 4 is 22.4 Å². The molecule has 0 unspecified atom stereocenters. The van der Waals surface area contributed by atoms with Gasteiger partial charge >= 0.3 is 0 Å². The predicted octanol–water partition coefficient (Wildman–Crippen LogP) is 5.36. The van der Waals surface area contributed by atoms with Crippen LogP contribution in [0.2, 0.25) is 0 Å². The Morgan fingerprint density at radius 2 is 1.89 bits per heavy atom. The number of hydrogen-bond acceptors (Lipinski definition) is 4. The Balaban J connectivity index is 1.58. The second-order valence-electron chi connectivity index (χ2n) is 7.88. The molecule has 28 heavy (non-hydrogen) atoms. The van der Waals surface area contributed by atoms with Crippen LogP contribution in [0, 0.1) is 6.92 Å². The fraction of sp³-hybridized carbons (Fsp3) is 0.304. The molecule has 0 radical (unpaired) electrons. The van der Waals surface area contributed by atoms with Gasteiger partial charge in [0.2, 0.25) is 0 Å². The van der Waals surface area contributed by atoms with Gasteiger partial charge in [-0.3, -0.25) is 10.1 Å². The first kappa shape index (κ1) is 20.1. The maximum absolute atomic E-state index is 12.3. The number of rotatable bonds is 6. The van der Waals surface area contributed by atoms with Gasteiger partial charge in [0.25, 0.3) is 5.91 Å². The highest BCUT2D eigenvalue weighted by Crippen LogP contribution is 2.32. The first-order chi connectivity index (χ1) is 13.3. The highest BCUT2D eigenvalue weighted by atomic mass is 32.1. The van der Waals surface area contributed by atoms with Gasteiger partial charge in [0, 0.05) is 17.5 Å². The summed E-state index contributed by atoms with van der Waals surface area (Å²) >= 11 is 1.49. The van der Waals surface area contributed by atoms with Crippen molar-refractivity contribution < 1.29 is 9.53 Å². The minimum atomic E-state index is -0.207. The van der Waals surface area contributed by atoms with E-state index in [1.807, 2.05) is 36.5 Å². The van der Waals surface area contributed by atoms with E-state index in [2.05, 4.69) is 56.2 Å². The van der Waals surface area contributed by atoms with E-state index in [0.29, 0.717) is 5.13 Å². The lowest BCUT2D eigenvalue weighted by molar-refractivity contribution is -0.118. The Morgan fingerprint density at radius 3 is 2.61 bits per heavy atom. The predicted molar refractivity (Wildman–Crippen MR) is 115 cm³/mol. The zero-order chi connectivity index (χ0) is 20.1. The summed E-state index contributed by atoms with van der Waals surface area (Å²) in [6.07, 6.45) is 2.62. The number of carbonyl (C=O) groups excluding carboxylic acids is 1. The van der Waals surface area contributed by atoms with Crippen molar-refractivity contribution in [2.24, 2.45) is 0 Å². The molecule has 1 N–H and O–H groups in total. The lowest BCUT2D eigenvalue weighted by atomic mass is 9.85. The van der Waals surface area contributed by atoms with E-state index in [-0.39, 0.29) is 17.9 Å². The third-order valence-electron chi connectivity index (χ3n) is 4.32. The summed E-state index contributed by atoms with van der Waals surface area (Å²) in [7, 11) is 0. The molecule has 1 heterocycles. The van der Waals surface area contributed by atoms with Crippen LogP contribution in [-0.4, -0.2) is 17.5 Å². The van der Waals surface area contributed by atoms with E-state index in [1.165, 1.54) is 22.5 Å². The summed E-state index contributed by atoms with van der Waals surface area (Å²) in [5, 5.41) is 3.43. The first-order valence-corrected chi connectivity index (χ1v) is 10.2. The summed E-state index contributed by atoms with van der Waals surface area (Å²) in [5.41, 5.74) is 3.44. The van der Waals surface area contributed by atoms with Crippen LogP contribution in [-0.2, 0) is 16.6 Å². The summed E-state index contributed by atoms with van der Waals surface area (Å²) in [6, 6.07) is 16.3. The molecule has 2 aromatic carbocycles. The van der Waals surface area contributed by atoms with Crippen molar-refractivity contribution in [2.45, 2.75) is 39.5 Å². The number of aromatic nitrogens is 1. The lowest BCUT2D eigenvalue weighted by Crippen LogP contribution is -2.22. The molecule has 5 heteroatoms. The zero-order valence-corrected chi connectivity index (χ0v) is 17.6. The number of carbonyl (C=O) groups is 1. The third kappa shape index (κ3) is 5.42. The first-order valence-electron chi connectivity index (χ1n) is 9.34. The molecule has 0 fully saturated rings. The van der Waals surface area contributed by atoms with Gasteiger partial charge in [0.05, 0.1) is 0 Å². The third-order valence-corrected chi connectivity index (χ3v) is 5.24. The van der Waals surface area contributed by atoms with Crippen molar-refractivity contribution in [3.05, 3.63) is 76.3 Å². The number of ether oxygens (including phenoxy) is 1. The molecule has 0 saturated heterocycles. The number of thiazole rings is 1. The van der Waals surface area contributed by atoms with Crippen LogP contribution in [0.1, 0.15) is 42.3 Å². The Kier molecular flexibility index (Phi) is 6.15. The fourth-order valence-electron chi connectivity index (χ4n) is 2.90. The van der Waals surface area contributed by atoms with Gasteiger partial charge in [-0.2, -0.15) is 0 Å². The number of aryl methyl sites for hydroxylation is 1. The number of nitrogens with zero attached hydrogens (tertiary/aromatic N) is 1. The highest BCUT2D eigenvalue weighted by molar-refractivity contribution is 7.15. The molecule has 0 aliphatic rings. The molecule has 1 amide bonds. The van der Waals surface area contributed by atoms with Crippen LogP contribution in [0.3, 0.4) is 0 Å². The molecular weight excluding hydrogens is 368 g/mol. The molecule has 0 saturated carbocycles. The van der Waals surface area contributed by atoms with Crippen LogP contribution in [0.25, 0.3) is 0 Å². The fourth-order valence-corrected chi connectivity index (χ4v) is 3.76. The van der Waals surface area contributed by atoms with Crippen molar-refractivity contribution in [2.75, 3.05) is 11.9 Å². The molecule has 3 rings (SSSR count). The minimum absolute atomic E-state index is 0.0419. The minimum Gasteiger partial charge on any atom is -0.483 e. The maximum atomic E-state index is 12.3. The van der Waals surface area contributed by atoms with Crippen LogP contribution in [0.5, 0.6) is 5.75 Å². The van der Waals surface area contributed by atoms with E-state index < -0.39 is 0 Å². The van der Waals surface area contributed by atoms with Crippen LogP contribution < -0.4 is 10.1 Å². The van der Waals surface area contributed by atoms with Gasteiger partial charge in [-0.15, -0.1) is 11.3 Å². The zero-order valence-electron chi connectivity index (χ0n) is 16.8. The van der Waals surface area contributed by atoms with Crippen molar-refractivity contribution in [3.8, 4) is 5.75 Å². The normalized spacial score (nSPS) is 11.3. The highest BCUT2D eigenvalue weighted by Gasteiger charge is 2.20. The van der Waals surface area contributed by atoms with Crippen LogP contribution in [0.4, 0.5) is 5.13 Å². The molecular formula is C23H26N2O2S. The van der Waals surface area contributed by atoms with Gasteiger partial charge in [-0.05, 0) is 29.5 Å². The van der Waals surface area contributed by atoms with E-state index in [0.717, 1.165) is 22.6 Å². The second-order valence-corrected chi connectivity index (χ2v) is 9.00. The Hall–Kier alpha value is -2.66. The Morgan fingerprint density at radius 1 is 1.14 bits per heavy atom. The number of amides is 1. The molecule has 4 nitrogen and oxygen atoms in total. The second kappa shape index (κ2) is 8.57. The average Bonchev–Trinajstić information content (AvgIpc) is 3.07.